The predicted molar refractivity (Wildman–Crippen MR) is 76.8 cm³/mol. The maximum atomic E-state index is 5.14. The van der Waals surface area contributed by atoms with E-state index in [1.807, 2.05) is 30.5 Å². The van der Waals surface area contributed by atoms with Crippen molar-refractivity contribution in [1.29, 1.82) is 0 Å². The van der Waals surface area contributed by atoms with Gasteiger partial charge in [0.1, 0.15) is 6.26 Å². The Morgan fingerprint density at radius 2 is 1.89 bits per heavy atom. The van der Waals surface area contributed by atoms with Crippen LogP contribution in [0.1, 0.15) is 0 Å². The van der Waals surface area contributed by atoms with Crippen molar-refractivity contribution in [3.8, 4) is 0 Å². The summed E-state index contributed by atoms with van der Waals surface area (Å²) < 4.78 is 12.3. The molecule has 0 aliphatic heterocycles. The number of benzene rings is 2. The van der Waals surface area contributed by atoms with Gasteiger partial charge in [-0.05, 0) is 18.2 Å². The van der Waals surface area contributed by atoms with Crippen LogP contribution in [0.5, 0.6) is 0 Å². The molecule has 0 saturated carbocycles. The van der Waals surface area contributed by atoms with Crippen LogP contribution in [-0.2, 0) is 0 Å². The van der Waals surface area contributed by atoms with Crippen LogP contribution in [0.2, 0.25) is 0 Å². The van der Waals surface area contributed by atoms with Gasteiger partial charge in [-0.1, -0.05) is 18.2 Å². The van der Waals surface area contributed by atoms with Crippen LogP contribution >= 0.6 is 11.3 Å². The molecule has 0 bridgehead atoms. The molecule has 2 aromatic heterocycles. The molecule has 3 nitrogen and oxygen atoms in total. The molecule has 0 N–H and O–H groups in total. The second-order valence-corrected chi connectivity index (χ2v) is 5.32. The number of hydrogen-bond acceptors (Lipinski definition) is 4. The molecular formula is C15H9NO2S. The minimum Gasteiger partial charge on any atom is -0.298 e. The molecule has 0 radical (unpaired) electrons. The van der Waals surface area contributed by atoms with Crippen molar-refractivity contribution in [2.24, 2.45) is 0 Å². The third-order valence-electron chi connectivity index (χ3n) is 3.01. The summed E-state index contributed by atoms with van der Waals surface area (Å²) in [5, 5.41) is 2.14. The number of fused-ring (bicyclic) bond motifs is 3. The summed E-state index contributed by atoms with van der Waals surface area (Å²) in [5.74, 6) is 0. The maximum Gasteiger partial charge on any atom is 0.188 e. The van der Waals surface area contributed by atoms with E-state index in [-0.39, 0.29) is 0 Å². The maximum absolute atomic E-state index is 5.14. The van der Waals surface area contributed by atoms with Gasteiger partial charge in [-0.25, -0.2) is 0 Å². The zero-order valence-electron chi connectivity index (χ0n) is 9.87. The van der Waals surface area contributed by atoms with Gasteiger partial charge < -0.3 is 0 Å². The van der Waals surface area contributed by atoms with Crippen molar-refractivity contribution in [2.75, 3.05) is 0 Å². The SMILES string of the molecule is c1ccc2sc3cc4ccooc4cc3ncc2c1. The minimum atomic E-state index is 0.699. The second kappa shape index (κ2) is 4.10. The summed E-state index contributed by atoms with van der Waals surface area (Å²) in [4.78, 5) is 4.53. The lowest BCUT2D eigenvalue weighted by molar-refractivity contribution is 0.0669. The summed E-state index contributed by atoms with van der Waals surface area (Å²) in [6.45, 7) is 0. The fraction of sp³-hybridized carbons (Fsp3) is 0. The van der Waals surface area contributed by atoms with Gasteiger partial charge in [0.25, 0.3) is 0 Å². The predicted octanol–water partition coefficient (Wildman–Crippen LogP) is 4.91. The van der Waals surface area contributed by atoms with Crippen LogP contribution < -0.4 is 0 Å². The Kier molecular flexibility index (Phi) is 2.28. The Hall–Kier alpha value is -2.33. The summed E-state index contributed by atoms with van der Waals surface area (Å²) in [6.07, 6.45) is 3.42. The molecule has 4 rings (SSSR count). The van der Waals surface area contributed by atoms with Crippen LogP contribution in [0.3, 0.4) is 0 Å². The van der Waals surface area contributed by atoms with Crippen molar-refractivity contribution in [1.82, 2.24) is 4.98 Å². The van der Waals surface area contributed by atoms with Crippen LogP contribution in [0, 0.1) is 0 Å². The lowest BCUT2D eigenvalue weighted by Gasteiger charge is -1.95. The number of rotatable bonds is 0. The average Bonchev–Trinajstić information content (AvgIpc) is 2.63. The average molecular weight is 267 g/mol. The van der Waals surface area contributed by atoms with Crippen molar-refractivity contribution in [2.45, 2.75) is 0 Å². The first kappa shape index (κ1) is 10.6. The van der Waals surface area contributed by atoms with Gasteiger partial charge in [0, 0.05) is 27.7 Å². The topological polar surface area (TPSA) is 39.2 Å². The normalized spacial score (nSPS) is 11.2. The molecule has 0 unspecified atom stereocenters. The highest BCUT2D eigenvalue weighted by molar-refractivity contribution is 7.24. The van der Waals surface area contributed by atoms with Crippen LogP contribution in [-0.4, -0.2) is 4.98 Å². The zero-order chi connectivity index (χ0) is 12.7. The van der Waals surface area contributed by atoms with E-state index < -0.39 is 0 Å². The first-order valence-electron chi connectivity index (χ1n) is 5.89. The largest absolute Gasteiger partial charge is 0.298 e. The zero-order valence-corrected chi connectivity index (χ0v) is 10.7. The van der Waals surface area contributed by atoms with E-state index in [1.54, 1.807) is 11.3 Å². The molecular weight excluding hydrogens is 258 g/mol. The highest BCUT2D eigenvalue weighted by Gasteiger charge is 2.02. The van der Waals surface area contributed by atoms with E-state index in [2.05, 4.69) is 23.2 Å². The van der Waals surface area contributed by atoms with Gasteiger partial charge >= 0.3 is 0 Å². The van der Waals surface area contributed by atoms with Crippen LogP contribution in [0.25, 0.3) is 31.3 Å². The van der Waals surface area contributed by atoms with E-state index >= 15 is 0 Å². The molecule has 0 fully saturated rings. The lowest BCUT2D eigenvalue weighted by atomic mass is 10.2. The molecule has 0 aliphatic carbocycles. The molecule has 2 heterocycles. The quantitative estimate of drug-likeness (QED) is 0.425. The van der Waals surface area contributed by atoms with Crippen LogP contribution in [0.15, 0.2) is 64.1 Å². The van der Waals surface area contributed by atoms with Gasteiger partial charge in [0.2, 0.25) is 0 Å². The monoisotopic (exact) mass is 267 g/mol. The van der Waals surface area contributed by atoms with Gasteiger partial charge in [-0.15, -0.1) is 11.3 Å². The Bertz CT molecular complexity index is 925. The fourth-order valence-corrected chi connectivity index (χ4v) is 3.09. The summed E-state index contributed by atoms with van der Waals surface area (Å²) in [7, 11) is 0. The van der Waals surface area contributed by atoms with E-state index in [4.69, 9.17) is 9.15 Å². The molecule has 4 heteroatoms. The Labute approximate surface area is 112 Å². The molecule has 0 saturated heterocycles. The highest BCUT2D eigenvalue weighted by Crippen LogP contribution is 2.27. The summed E-state index contributed by atoms with van der Waals surface area (Å²) >= 11 is 1.72. The van der Waals surface area contributed by atoms with Crippen molar-refractivity contribution >= 4 is 42.6 Å². The van der Waals surface area contributed by atoms with Gasteiger partial charge in [0.15, 0.2) is 5.58 Å². The number of aromatic nitrogens is 1. The second-order valence-electron chi connectivity index (χ2n) is 4.24. The molecule has 19 heavy (non-hydrogen) atoms. The minimum absolute atomic E-state index is 0.699. The Morgan fingerprint density at radius 1 is 0.947 bits per heavy atom. The van der Waals surface area contributed by atoms with E-state index in [9.17, 15) is 0 Å². The summed E-state index contributed by atoms with van der Waals surface area (Å²) in [6, 6.07) is 14.1. The molecule has 0 spiro atoms. The van der Waals surface area contributed by atoms with E-state index in [0.29, 0.717) is 5.58 Å². The van der Waals surface area contributed by atoms with Crippen molar-refractivity contribution < 1.29 is 9.15 Å². The van der Waals surface area contributed by atoms with Gasteiger partial charge in [-0.2, -0.15) is 0 Å². The number of nitrogens with zero attached hydrogens (tertiary/aromatic N) is 1. The van der Waals surface area contributed by atoms with Gasteiger partial charge in [0.05, 0.1) is 10.2 Å². The molecule has 0 atom stereocenters. The third-order valence-corrected chi connectivity index (χ3v) is 4.15. The standard InChI is InChI=1S/C15H9NO2S/c1-2-4-14-11(3-1)9-16-12-8-13-10(5-6-17-18-13)7-15(12)19-14/h1-9H. The number of hydrogen-bond donors (Lipinski definition) is 0. The molecule has 0 aliphatic rings. The molecule has 2 aromatic carbocycles. The molecule has 92 valence electrons. The molecule has 4 aromatic rings. The lowest BCUT2D eigenvalue weighted by Crippen LogP contribution is -1.74. The summed E-state index contributed by atoms with van der Waals surface area (Å²) in [5.41, 5.74) is 1.60. The first-order chi connectivity index (χ1) is 9.40. The van der Waals surface area contributed by atoms with E-state index in [0.717, 1.165) is 21.0 Å². The van der Waals surface area contributed by atoms with E-state index in [1.165, 1.54) is 11.0 Å². The Morgan fingerprint density at radius 3 is 2.89 bits per heavy atom. The fourth-order valence-electron chi connectivity index (χ4n) is 2.07. The van der Waals surface area contributed by atoms with Gasteiger partial charge in [-0.3, -0.25) is 14.1 Å². The van der Waals surface area contributed by atoms with Crippen LogP contribution in [0.4, 0.5) is 0 Å². The van der Waals surface area contributed by atoms with Crippen molar-refractivity contribution in [3.05, 3.63) is 54.9 Å². The first-order valence-corrected chi connectivity index (χ1v) is 6.71. The highest BCUT2D eigenvalue weighted by atomic mass is 32.1. The molecule has 0 amide bonds. The third kappa shape index (κ3) is 1.77. The van der Waals surface area contributed by atoms with Crippen molar-refractivity contribution in [3.63, 3.8) is 0 Å². The Balaban J connectivity index is 2.21. The smallest absolute Gasteiger partial charge is 0.188 e.